The number of rotatable bonds is 12. The van der Waals surface area contributed by atoms with Crippen molar-refractivity contribution in [2.75, 3.05) is 13.1 Å². The second-order valence-electron chi connectivity index (χ2n) is 7.91. The van der Waals surface area contributed by atoms with E-state index in [2.05, 4.69) is 18.4 Å². The second kappa shape index (κ2) is 11.6. The summed E-state index contributed by atoms with van der Waals surface area (Å²) in [4.78, 5) is 2.20. The lowest BCUT2D eigenvalue weighted by Gasteiger charge is -2.25. The van der Waals surface area contributed by atoms with Gasteiger partial charge >= 0.3 is 0 Å². The van der Waals surface area contributed by atoms with Crippen LogP contribution in [-0.4, -0.2) is 39.0 Å². The first-order valence-electron chi connectivity index (χ1n) is 11.1. The van der Waals surface area contributed by atoms with Gasteiger partial charge in [-0.15, -0.1) is 6.58 Å². The van der Waals surface area contributed by atoms with Crippen molar-refractivity contribution in [3.8, 4) is 22.9 Å². The summed E-state index contributed by atoms with van der Waals surface area (Å²) in [5.74, 6) is 0.228. The third-order valence-corrected chi connectivity index (χ3v) is 5.27. The van der Waals surface area contributed by atoms with E-state index in [0.717, 1.165) is 36.2 Å². The highest BCUT2D eigenvalue weighted by Gasteiger charge is 2.23. The van der Waals surface area contributed by atoms with Gasteiger partial charge in [-0.1, -0.05) is 55.5 Å². The van der Waals surface area contributed by atoms with Crippen LogP contribution < -0.4 is 4.74 Å². The Hall–Kier alpha value is -2.96. The van der Waals surface area contributed by atoms with Gasteiger partial charge in [-0.25, -0.2) is 9.07 Å². The predicted molar refractivity (Wildman–Crippen MR) is 126 cm³/mol. The average molecular weight is 438 g/mol. The van der Waals surface area contributed by atoms with Crippen LogP contribution in [-0.2, 0) is 13.6 Å². The molecule has 5 nitrogen and oxygen atoms in total. The number of nitrogens with zero attached hydrogens (tertiary/aromatic N) is 3. The summed E-state index contributed by atoms with van der Waals surface area (Å²) >= 11 is 0. The monoisotopic (exact) mass is 437 g/mol. The quantitative estimate of drug-likeness (QED) is 0.377. The number of allylic oxidation sites excluding steroid dienone is 1. The van der Waals surface area contributed by atoms with Gasteiger partial charge in [-0.2, -0.15) is 5.10 Å². The van der Waals surface area contributed by atoms with E-state index >= 15 is 0 Å². The topological polar surface area (TPSA) is 50.5 Å². The highest BCUT2D eigenvalue weighted by Crippen LogP contribution is 2.35. The van der Waals surface area contributed by atoms with Crippen LogP contribution in [0.5, 0.6) is 11.6 Å². The van der Waals surface area contributed by atoms with Gasteiger partial charge < -0.3 is 9.84 Å². The predicted octanol–water partition coefficient (Wildman–Crippen LogP) is 5.56. The molecule has 1 atom stereocenters. The lowest BCUT2D eigenvalue weighted by molar-refractivity contribution is 0.102. The molecule has 0 aliphatic heterocycles. The summed E-state index contributed by atoms with van der Waals surface area (Å²) in [5.41, 5.74) is 2.62. The molecule has 0 radical (unpaired) electrons. The molecule has 0 fully saturated rings. The van der Waals surface area contributed by atoms with Crippen molar-refractivity contribution in [3.63, 3.8) is 0 Å². The van der Waals surface area contributed by atoms with E-state index in [1.807, 2.05) is 36.4 Å². The Morgan fingerprint density at radius 3 is 2.59 bits per heavy atom. The molecule has 3 aromatic rings. The van der Waals surface area contributed by atoms with E-state index in [4.69, 9.17) is 9.84 Å². The maximum atomic E-state index is 14.3. The van der Waals surface area contributed by atoms with E-state index in [1.54, 1.807) is 29.9 Å². The van der Waals surface area contributed by atoms with E-state index < -0.39 is 11.9 Å². The third-order valence-electron chi connectivity index (χ3n) is 5.27. The first-order chi connectivity index (χ1) is 15.5. The highest BCUT2D eigenvalue weighted by atomic mass is 19.1. The zero-order valence-electron chi connectivity index (χ0n) is 18.9. The van der Waals surface area contributed by atoms with Crippen LogP contribution in [0, 0.1) is 5.82 Å². The summed E-state index contributed by atoms with van der Waals surface area (Å²) in [7, 11) is 1.80. The number of aliphatic hydroxyl groups is 1. The van der Waals surface area contributed by atoms with Gasteiger partial charge in [0, 0.05) is 25.7 Å². The van der Waals surface area contributed by atoms with Gasteiger partial charge in [-0.05, 0) is 37.9 Å². The van der Waals surface area contributed by atoms with Crippen LogP contribution in [0.1, 0.15) is 31.7 Å². The van der Waals surface area contributed by atoms with Crippen LogP contribution in [0.15, 0.2) is 67.3 Å². The Labute approximate surface area is 189 Å². The molecule has 6 heteroatoms. The molecule has 32 heavy (non-hydrogen) atoms. The fourth-order valence-electron chi connectivity index (χ4n) is 3.76. The zero-order chi connectivity index (χ0) is 22.9. The minimum absolute atomic E-state index is 0.157. The second-order valence-corrected chi connectivity index (χ2v) is 7.91. The van der Waals surface area contributed by atoms with Crippen molar-refractivity contribution in [1.82, 2.24) is 14.7 Å². The Morgan fingerprint density at radius 2 is 1.91 bits per heavy atom. The summed E-state index contributed by atoms with van der Waals surface area (Å²) in [5, 5.41) is 15.2. The zero-order valence-corrected chi connectivity index (χ0v) is 18.9. The Kier molecular flexibility index (Phi) is 8.59. The van der Waals surface area contributed by atoms with Crippen molar-refractivity contribution in [1.29, 1.82) is 0 Å². The number of aliphatic hydroxyl groups excluding tert-OH is 1. The summed E-state index contributed by atoms with van der Waals surface area (Å²) in [6, 6.07) is 16.3. The molecule has 1 N–H and O–H groups in total. The standard InChI is InChI=1S/C26H32FN3O2/c1-4-6-14-21(31)18-30(17-5-2)19-22-25(20-12-8-7-9-13-20)28-29(3)26(22)32-24-16-11-10-15-23(24)27/h4,7-13,15-16,21,31H,1,5-6,14,17-19H2,2-3H3. The van der Waals surface area contributed by atoms with Gasteiger partial charge in [0.25, 0.3) is 0 Å². The van der Waals surface area contributed by atoms with E-state index in [9.17, 15) is 9.50 Å². The fraction of sp³-hybridized carbons (Fsp3) is 0.346. The SMILES string of the molecule is C=CCCC(O)CN(CCC)Cc1c(-c2ccccc2)nn(C)c1Oc1ccccc1F. The number of halogens is 1. The molecule has 0 bridgehead atoms. The third kappa shape index (κ3) is 6.05. The first kappa shape index (κ1) is 23.7. The molecule has 170 valence electrons. The van der Waals surface area contributed by atoms with E-state index in [0.29, 0.717) is 25.4 Å². The van der Waals surface area contributed by atoms with Gasteiger partial charge in [0.2, 0.25) is 5.88 Å². The summed E-state index contributed by atoms with van der Waals surface area (Å²) < 4.78 is 22.0. The minimum atomic E-state index is -0.452. The van der Waals surface area contributed by atoms with Crippen molar-refractivity contribution >= 4 is 0 Å². The number of aromatic nitrogens is 2. The number of hydrogen-bond acceptors (Lipinski definition) is 4. The molecule has 0 aliphatic carbocycles. The first-order valence-corrected chi connectivity index (χ1v) is 11.1. The van der Waals surface area contributed by atoms with Crippen molar-refractivity contribution < 1.29 is 14.2 Å². The highest BCUT2D eigenvalue weighted by molar-refractivity contribution is 5.65. The maximum Gasteiger partial charge on any atom is 0.222 e. The van der Waals surface area contributed by atoms with Crippen LogP contribution in [0.4, 0.5) is 4.39 Å². The minimum Gasteiger partial charge on any atom is -0.436 e. The molecule has 0 saturated carbocycles. The van der Waals surface area contributed by atoms with Crippen molar-refractivity contribution in [2.24, 2.45) is 7.05 Å². The average Bonchev–Trinajstić information content (AvgIpc) is 3.09. The van der Waals surface area contributed by atoms with Crippen LogP contribution >= 0.6 is 0 Å². The molecule has 3 rings (SSSR count). The van der Waals surface area contributed by atoms with Crippen molar-refractivity contribution in [3.05, 3.63) is 78.6 Å². The summed E-state index contributed by atoms with van der Waals surface area (Å²) in [6.07, 6.45) is 3.75. The number of hydrogen-bond donors (Lipinski definition) is 1. The Morgan fingerprint density at radius 1 is 1.19 bits per heavy atom. The summed E-state index contributed by atoms with van der Waals surface area (Å²) in [6.45, 7) is 7.73. The molecule has 1 aromatic heterocycles. The molecule has 1 unspecified atom stereocenters. The number of ether oxygens (including phenoxy) is 1. The van der Waals surface area contributed by atoms with E-state index in [1.165, 1.54) is 6.07 Å². The van der Waals surface area contributed by atoms with Gasteiger partial charge in [0.05, 0.1) is 11.7 Å². The van der Waals surface area contributed by atoms with E-state index in [-0.39, 0.29) is 5.75 Å². The van der Waals surface area contributed by atoms with Crippen LogP contribution in [0.2, 0.25) is 0 Å². The molecule has 0 saturated heterocycles. The Bertz CT molecular complexity index is 1000. The van der Waals surface area contributed by atoms with Crippen molar-refractivity contribution in [2.45, 2.75) is 38.8 Å². The van der Waals surface area contributed by atoms with Crippen LogP contribution in [0.3, 0.4) is 0 Å². The van der Waals surface area contributed by atoms with Gasteiger partial charge in [0.1, 0.15) is 5.69 Å². The fourth-order valence-corrected chi connectivity index (χ4v) is 3.76. The molecule has 2 aromatic carbocycles. The number of aryl methyl sites for hydroxylation is 1. The largest absolute Gasteiger partial charge is 0.436 e. The molecule has 1 heterocycles. The molecule has 0 amide bonds. The Balaban J connectivity index is 1.98. The lowest BCUT2D eigenvalue weighted by Crippen LogP contribution is -2.33. The molecular formula is C26H32FN3O2. The maximum absolute atomic E-state index is 14.3. The molecule has 0 spiro atoms. The number of para-hydroxylation sites is 1. The lowest BCUT2D eigenvalue weighted by atomic mass is 10.1. The van der Waals surface area contributed by atoms with Crippen LogP contribution in [0.25, 0.3) is 11.3 Å². The smallest absolute Gasteiger partial charge is 0.222 e. The van der Waals surface area contributed by atoms with Gasteiger partial charge in [-0.3, -0.25) is 4.90 Å². The molecule has 0 aliphatic rings. The van der Waals surface area contributed by atoms with Gasteiger partial charge in [0.15, 0.2) is 11.6 Å². The number of benzene rings is 2. The normalized spacial score (nSPS) is 12.2. The molecular weight excluding hydrogens is 405 g/mol.